The van der Waals surface area contributed by atoms with Gasteiger partial charge in [0.15, 0.2) is 16.7 Å². The van der Waals surface area contributed by atoms with Crippen LogP contribution in [0.4, 0.5) is 22.0 Å². The van der Waals surface area contributed by atoms with E-state index in [0.29, 0.717) is 18.3 Å². The highest BCUT2D eigenvalue weighted by Gasteiger charge is 2.33. The Balaban J connectivity index is 2.17. The number of carbonyl (C=O) groups is 2. The topological polar surface area (TPSA) is 100 Å². The van der Waals surface area contributed by atoms with Gasteiger partial charge in [0.25, 0.3) is 0 Å². The van der Waals surface area contributed by atoms with Crippen molar-refractivity contribution < 1.29 is 41.4 Å². The minimum absolute atomic E-state index is 0.124. The van der Waals surface area contributed by atoms with Gasteiger partial charge in [0, 0.05) is 0 Å². The predicted octanol–water partition coefficient (Wildman–Crippen LogP) is 2.26. The second-order valence-electron chi connectivity index (χ2n) is 4.66. The molecule has 0 saturated carbocycles. The van der Waals surface area contributed by atoms with Crippen molar-refractivity contribution in [1.82, 2.24) is 5.32 Å². The first-order valence-electron chi connectivity index (χ1n) is 6.61. The molecule has 0 radical (unpaired) electrons. The van der Waals surface area contributed by atoms with Gasteiger partial charge in [0.2, 0.25) is 5.91 Å². The van der Waals surface area contributed by atoms with Crippen LogP contribution in [-0.4, -0.2) is 40.0 Å². The van der Waals surface area contributed by atoms with Gasteiger partial charge in [-0.2, -0.15) is 5.10 Å². The van der Waals surface area contributed by atoms with E-state index in [1.807, 2.05) is 0 Å². The van der Waals surface area contributed by atoms with Crippen molar-refractivity contribution in [3.63, 3.8) is 0 Å². The van der Waals surface area contributed by atoms with Crippen LogP contribution < -0.4 is 10.1 Å². The number of amidine groups is 1. The van der Waals surface area contributed by atoms with Crippen molar-refractivity contribution in [3.8, 4) is 5.75 Å². The molecular formula is C13H8F5N3O4S. The Labute approximate surface area is 145 Å². The minimum atomic E-state index is -5.17. The summed E-state index contributed by atoms with van der Waals surface area (Å²) in [5, 5.41) is 16.5. The molecule has 0 bridgehead atoms. The van der Waals surface area contributed by atoms with E-state index in [2.05, 4.69) is 20.3 Å². The normalized spacial score (nSPS) is 19.2. The van der Waals surface area contributed by atoms with E-state index in [4.69, 9.17) is 5.11 Å². The second-order valence-corrected chi connectivity index (χ2v) is 5.86. The number of hydrogen-bond acceptors (Lipinski definition) is 6. The molecule has 2 rings (SSSR count). The fraction of sp³-hybridized carbons (Fsp3) is 0.231. The lowest BCUT2D eigenvalue weighted by molar-refractivity contribution is -0.275. The number of benzene rings is 1. The fourth-order valence-electron chi connectivity index (χ4n) is 1.76. The van der Waals surface area contributed by atoms with Gasteiger partial charge in [-0.15, -0.1) is 18.3 Å². The van der Waals surface area contributed by atoms with Crippen LogP contribution in [0.25, 0.3) is 0 Å². The molecule has 1 heterocycles. The fourth-order valence-corrected chi connectivity index (χ4v) is 2.67. The van der Waals surface area contributed by atoms with Crippen LogP contribution in [0.3, 0.4) is 0 Å². The Morgan fingerprint density at radius 1 is 1.38 bits per heavy atom. The lowest BCUT2D eigenvalue weighted by Gasteiger charge is -2.10. The van der Waals surface area contributed by atoms with Gasteiger partial charge in [0.05, 0.1) is 18.2 Å². The van der Waals surface area contributed by atoms with Gasteiger partial charge in [-0.25, -0.2) is 8.78 Å². The highest BCUT2D eigenvalue weighted by molar-refractivity contribution is 8.15. The maximum absolute atomic E-state index is 13.9. The van der Waals surface area contributed by atoms with Crippen LogP contribution in [0.5, 0.6) is 5.75 Å². The smallest absolute Gasteiger partial charge is 0.481 e. The van der Waals surface area contributed by atoms with E-state index >= 15 is 0 Å². The number of aliphatic carboxylic acids is 1. The summed E-state index contributed by atoms with van der Waals surface area (Å²) in [5.74, 6) is -5.96. The molecule has 7 nitrogen and oxygen atoms in total. The number of nitrogens with one attached hydrogen (secondary N) is 1. The van der Waals surface area contributed by atoms with Crippen molar-refractivity contribution >= 4 is 35.0 Å². The average Bonchev–Trinajstić information content (AvgIpc) is 2.84. The van der Waals surface area contributed by atoms with Crippen molar-refractivity contribution in [2.24, 2.45) is 10.2 Å². The molecule has 0 spiro atoms. The highest BCUT2D eigenvalue weighted by Crippen LogP contribution is 2.28. The Bertz CT molecular complexity index is 797. The van der Waals surface area contributed by atoms with Crippen LogP contribution in [0.15, 0.2) is 22.3 Å². The predicted molar refractivity (Wildman–Crippen MR) is 79.8 cm³/mol. The van der Waals surface area contributed by atoms with Crippen molar-refractivity contribution in [2.75, 3.05) is 0 Å². The van der Waals surface area contributed by atoms with Crippen LogP contribution in [-0.2, 0) is 9.59 Å². The lowest BCUT2D eigenvalue weighted by Crippen LogP contribution is -2.26. The van der Waals surface area contributed by atoms with Gasteiger partial charge in [0.1, 0.15) is 11.1 Å². The third kappa shape index (κ3) is 5.15. The number of rotatable bonds is 5. The van der Waals surface area contributed by atoms with Crippen molar-refractivity contribution in [2.45, 2.75) is 18.0 Å². The Morgan fingerprint density at radius 2 is 2.08 bits per heavy atom. The monoisotopic (exact) mass is 397 g/mol. The maximum atomic E-state index is 13.9. The molecule has 1 aliphatic rings. The zero-order valence-electron chi connectivity index (χ0n) is 12.4. The summed E-state index contributed by atoms with van der Waals surface area (Å²) in [6.07, 6.45) is -5.14. The summed E-state index contributed by atoms with van der Waals surface area (Å²) >= 11 is 0.735. The summed E-state index contributed by atoms with van der Waals surface area (Å²) in [6, 6.07) is 1.01. The van der Waals surface area contributed by atoms with E-state index in [0.717, 1.165) is 11.8 Å². The molecule has 1 fully saturated rings. The molecule has 1 saturated heterocycles. The van der Waals surface area contributed by atoms with Crippen LogP contribution in [0.2, 0.25) is 0 Å². The van der Waals surface area contributed by atoms with Crippen LogP contribution >= 0.6 is 11.8 Å². The molecule has 1 atom stereocenters. The minimum Gasteiger partial charge on any atom is -0.481 e. The molecule has 0 aliphatic carbocycles. The zero-order valence-corrected chi connectivity index (χ0v) is 13.2. The standard InChI is InChI=1S/C13H8F5N3O4S/c14-6-1-2-7(25-13(16,17)18)10(15)5(6)4-19-21-12-20-11(24)8(26-12)3-9(22)23/h1-2,4,8H,3H2,(H,22,23)(H,20,21,24). The first kappa shape index (κ1) is 19.6. The number of carboxylic acids is 1. The van der Waals surface area contributed by atoms with E-state index in [-0.39, 0.29) is 5.17 Å². The summed E-state index contributed by atoms with van der Waals surface area (Å²) in [5.41, 5.74) is -0.937. The van der Waals surface area contributed by atoms with E-state index in [1.54, 1.807) is 0 Å². The van der Waals surface area contributed by atoms with Crippen LogP contribution in [0.1, 0.15) is 12.0 Å². The number of halogens is 5. The van der Waals surface area contributed by atoms with Crippen LogP contribution in [0, 0.1) is 11.6 Å². The first-order chi connectivity index (χ1) is 12.1. The molecule has 1 unspecified atom stereocenters. The molecule has 0 aromatic heterocycles. The number of carbonyl (C=O) groups excluding carboxylic acids is 1. The molecule has 13 heteroatoms. The first-order valence-corrected chi connectivity index (χ1v) is 7.49. The Hall–Kier alpha value is -2.70. The summed E-state index contributed by atoms with van der Waals surface area (Å²) in [7, 11) is 0. The van der Waals surface area contributed by atoms with Crippen molar-refractivity contribution in [1.29, 1.82) is 0 Å². The van der Waals surface area contributed by atoms with E-state index in [9.17, 15) is 31.5 Å². The molecule has 140 valence electrons. The molecule has 2 N–H and O–H groups in total. The third-order valence-corrected chi connectivity index (χ3v) is 3.86. The van der Waals surface area contributed by atoms with E-state index < -0.39 is 52.9 Å². The number of amides is 1. The molecule has 1 aromatic rings. The lowest BCUT2D eigenvalue weighted by atomic mass is 10.2. The number of alkyl halides is 3. The van der Waals surface area contributed by atoms with Gasteiger partial charge >= 0.3 is 12.3 Å². The van der Waals surface area contributed by atoms with Gasteiger partial charge in [-0.1, -0.05) is 11.8 Å². The molecule has 1 aromatic carbocycles. The quantitative estimate of drug-likeness (QED) is 0.451. The SMILES string of the molecule is O=C(O)CC1SC(=NN=Cc2c(F)ccc(OC(F)(F)F)c2F)NC1=O. The average molecular weight is 397 g/mol. The third-order valence-electron chi connectivity index (χ3n) is 2.79. The van der Waals surface area contributed by atoms with Gasteiger partial charge < -0.3 is 15.2 Å². The van der Waals surface area contributed by atoms with Gasteiger partial charge in [-0.05, 0) is 12.1 Å². The molecule has 1 aliphatic heterocycles. The largest absolute Gasteiger partial charge is 0.573 e. The summed E-state index contributed by atoms with van der Waals surface area (Å²) in [6.45, 7) is 0. The second kappa shape index (κ2) is 7.68. The maximum Gasteiger partial charge on any atom is 0.573 e. The van der Waals surface area contributed by atoms with Crippen molar-refractivity contribution in [3.05, 3.63) is 29.3 Å². The molecular weight excluding hydrogens is 389 g/mol. The summed E-state index contributed by atoms with van der Waals surface area (Å²) in [4.78, 5) is 22.0. The summed E-state index contributed by atoms with van der Waals surface area (Å²) < 4.78 is 67.3. The molecule has 1 amide bonds. The number of ether oxygens (including phenoxy) is 1. The highest BCUT2D eigenvalue weighted by atomic mass is 32.2. The molecule has 26 heavy (non-hydrogen) atoms. The number of nitrogens with zero attached hydrogens (tertiary/aromatic N) is 2. The van der Waals surface area contributed by atoms with E-state index in [1.165, 1.54) is 0 Å². The Morgan fingerprint density at radius 3 is 2.69 bits per heavy atom. The Kier molecular flexibility index (Phi) is 5.79. The number of carboxylic acid groups (broad SMARTS) is 1. The number of hydrogen-bond donors (Lipinski definition) is 2. The zero-order chi connectivity index (χ0) is 19.5. The van der Waals surface area contributed by atoms with Gasteiger partial charge in [-0.3, -0.25) is 9.59 Å². The number of thioether (sulfide) groups is 1.